The standard InChI is InChI=1S/C16H21N3O/c1-12(5-3-9-17)16(20)19-11-14-7-2-6-13-8-4-10-18-15(13)14/h2,4,6-8,10,12H,3,5,9,11,17H2,1H3,(H,19,20). The van der Waals surface area contributed by atoms with Crippen molar-refractivity contribution < 1.29 is 4.79 Å². The molecule has 0 saturated carbocycles. The molecule has 20 heavy (non-hydrogen) atoms. The molecule has 1 aromatic heterocycles. The van der Waals surface area contributed by atoms with E-state index in [0.29, 0.717) is 13.1 Å². The molecule has 1 amide bonds. The zero-order valence-electron chi connectivity index (χ0n) is 11.8. The first-order valence-electron chi connectivity index (χ1n) is 7.02. The highest BCUT2D eigenvalue weighted by molar-refractivity contribution is 5.83. The van der Waals surface area contributed by atoms with E-state index in [2.05, 4.69) is 10.3 Å². The number of amides is 1. The van der Waals surface area contributed by atoms with Crippen LogP contribution in [0.15, 0.2) is 36.5 Å². The monoisotopic (exact) mass is 271 g/mol. The normalized spacial score (nSPS) is 12.3. The smallest absolute Gasteiger partial charge is 0.223 e. The number of para-hydroxylation sites is 1. The predicted octanol–water partition coefficient (Wildman–Crippen LogP) is 2.23. The molecule has 3 N–H and O–H groups in total. The van der Waals surface area contributed by atoms with Crippen molar-refractivity contribution in [3.05, 3.63) is 42.1 Å². The van der Waals surface area contributed by atoms with Gasteiger partial charge in [0.15, 0.2) is 0 Å². The first-order valence-corrected chi connectivity index (χ1v) is 7.02. The molecule has 0 aliphatic rings. The van der Waals surface area contributed by atoms with Crippen molar-refractivity contribution in [3.63, 3.8) is 0 Å². The summed E-state index contributed by atoms with van der Waals surface area (Å²) in [6, 6.07) is 9.96. The van der Waals surface area contributed by atoms with Gasteiger partial charge >= 0.3 is 0 Å². The molecular weight excluding hydrogens is 250 g/mol. The van der Waals surface area contributed by atoms with Crippen LogP contribution >= 0.6 is 0 Å². The molecule has 4 heteroatoms. The highest BCUT2D eigenvalue weighted by Gasteiger charge is 2.12. The molecule has 0 saturated heterocycles. The number of hydrogen-bond acceptors (Lipinski definition) is 3. The largest absolute Gasteiger partial charge is 0.352 e. The Bertz CT molecular complexity index is 577. The summed E-state index contributed by atoms with van der Waals surface area (Å²) in [5, 5.41) is 4.07. The van der Waals surface area contributed by atoms with Gasteiger partial charge in [-0.05, 0) is 31.0 Å². The van der Waals surface area contributed by atoms with Crippen molar-refractivity contribution in [2.75, 3.05) is 6.54 Å². The van der Waals surface area contributed by atoms with Gasteiger partial charge in [0.05, 0.1) is 5.52 Å². The second kappa shape index (κ2) is 7.01. The third-order valence-electron chi connectivity index (χ3n) is 3.46. The number of nitrogens with two attached hydrogens (primary N) is 1. The minimum Gasteiger partial charge on any atom is -0.352 e. The average molecular weight is 271 g/mol. The molecule has 2 rings (SSSR count). The third-order valence-corrected chi connectivity index (χ3v) is 3.46. The van der Waals surface area contributed by atoms with Crippen LogP contribution in [0.3, 0.4) is 0 Å². The van der Waals surface area contributed by atoms with Crippen LogP contribution in [-0.2, 0) is 11.3 Å². The van der Waals surface area contributed by atoms with Crippen LogP contribution in [0.1, 0.15) is 25.3 Å². The zero-order chi connectivity index (χ0) is 14.4. The van der Waals surface area contributed by atoms with E-state index in [1.165, 1.54) is 0 Å². The minimum absolute atomic E-state index is 0.00138. The van der Waals surface area contributed by atoms with E-state index in [1.54, 1.807) is 6.20 Å². The van der Waals surface area contributed by atoms with E-state index in [9.17, 15) is 4.79 Å². The molecular formula is C16H21N3O. The molecule has 4 nitrogen and oxygen atoms in total. The fourth-order valence-electron chi connectivity index (χ4n) is 2.22. The van der Waals surface area contributed by atoms with Crippen LogP contribution in [0.5, 0.6) is 0 Å². The van der Waals surface area contributed by atoms with Crippen molar-refractivity contribution in [3.8, 4) is 0 Å². The molecule has 1 atom stereocenters. The maximum absolute atomic E-state index is 12.0. The fourth-order valence-corrected chi connectivity index (χ4v) is 2.22. The van der Waals surface area contributed by atoms with Gasteiger partial charge in [-0.2, -0.15) is 0 Å². The van der Waals surface area contributed by atoms with Gasteiger partial charge < -0.3 is 11.1 Å². The molecule has 106 valence electrons. The lowest BCUT2D eigenvalue weighted by atomic mass is 10.0. The van der Waals surface area contributed by atoms with E-state index in [1.807, 2.05) is 37.3 Å². The number of benzene rings is 1. The first-order chi connectivity index (χ1) is 9.72. The molecule has 0 fully saturated rings. The van der Waals surface area contributed by atoms with E-state index in [-0.39, 0.29) is 11.8 Å². The summed E-state index contributed by atoms with van der Waals surface area (Å²) in [5.41, 5.74) is 7.46. The second-order valence-corrected chi connectivity index (χ2v) is 5.04. The molecule has 0 spiro atoms. The highest BCUT2D eigenvalue weighted by atomic mass is 16.1. The molecule has 0 radical (unpaired) electrons. The molecule has 0 aliphatic carbocycles. The maximum atomic E-state index is 12.0. The summed E-state index contributed by atoms with van der Waals surface area (Å²) in [6.07, 6.45) is 3.48. The summed E-state index contributed by atoms with van der Waals surface area (Å²) < 4.78 is 0. The number of hydrogen-bond donors (Lipinski definition) is 2. The summed E-state index contributed by atoms with van der Waals surface area (Å²) >= 11 is 0. The fraction of sp³-hybridized carbons (Fsp3) is 0.375. The lowest BCUT2D eigenvalue weighted by Gasteiger charge is -2.12. The molecule has 2 aromatic rings. The number of aromatic nitrogens is 1. The lowest BCUT2D eigenvalue weighted by Crippen LogP contribution is -2.29. The Hall–Kier alpha value is -1.94. The lowest BCUT2D eigenvalue weighted by molar-refractivity contribution is -0.124. The van der Waals surface area contributed by atoms with Gasteiger partial charge in [-0.3, -0.25) is 9.78 Å². The zero-order valence-corrected chi connectivity index (χ0v) is 11.8. The summed E-state index contributed by atoms with van der Waals surface area (Å²) in [5.74, 6) is 0.0767. The Morgan fingerprint density at radius 1 is 1.35 bits per heavy atom. The molecule has 0 aliphatic heterocycles. The molecule has 1 unspecified atom stereocenters. The summed E-state index contributed by atoms with van der Waals surface area (Å²) in [6.45, 7) is 3.08. The molecule has 1 heterocycles. The van der Waals surface area contributed by atoms with Gasteiger partial charge in [0, 0.05) is 24.0 Å². The van der Waals surface area contributed by atoms with Gasteiger partial charge in [0.2, 0.25) is 5.91 Å². The number of nitrogens with one attached hydrogen (secondary N) is 1. The van der Waals surface area contributed by atoms with E-state index in [0.717, 1.165) is 29.3 Å². The second-order valence-electron chi connectivity index (χ2n) is 5.04. The minimum atomic E-state index is 0.00138. The van der Waals surface area contributed by atoms with Gasteiger partial charge in [0.1, 0.15) is 0 Å². The molecule has 1 aromatic carbocycles. The number of rotatable bonds is 6. The number of carbonyl (C=O) groups is 1. The number of nitrogens with zero attached hydrogens (tertiary/aromatic N) is 1. The summed E-state index contributed by atoms with van der Waals surface area (Å²) in [4.78, 5) is 16.4. The topological polar surface area (TPSA) is 68.0 Å². The quantitative estimate of drug-likeness (QED) is 0.846. The Balaban J connectivity index is 2.01. The average Bonchev–Trinajstić information content (AvgIpc) is 2.50. The van der Waals surface area contributed by atoms with Crippen molar-refractivity contribution in [2.24, 2.45) is 11.7 Å². The van der Waals surface area contributed by atoms with E-state index in [4.69, 9.17) is 5.73 Å². The van der Waals surface area contributed by atoms with Crippen LogP contribution in [-0.4, -0.2) is 17.4 Å². The van der Waals surface area contributed by atoms with Crippen LogP contribution in [0, 0.1) is 5.92 Å². The Kier molecular flexibility index (Phi) is 5.07. The first kappa shape index (κ1) is 14.5. The number of carbonyl (C=O) groups excluding carboxylic acids is 1. The Morgan fingerprint density at radius 2 is 2.15 bits per heavy atom. The van der Waals surface area contributed by atoms with Crippen molar-refractivity contribution in [1.29, 1.82) is 0 Å². The molecule has 0 bridgehead atoms. The number of pyridine rings is 1. The van der Waals surface area contributed by atoms with Crippen molar-refractivity contribution >= 4 is 16.8 Å². The Labute approximate surface area is 119 Å². The maximum Gasteiger partial charge on any atom is 0.223 e. The van der Waals surface area contributed by atoms with E-state index >= 15 is 0 Å². The predicted molar refractivity (Wildman–Crippen MR) is 81.0 cm³/mol. The van der Waals surface area contributed by atoms with Crippen LogP contribution < -0.4 is 11.1 Å². The van der Waals surface area contributed by atoms with Gasteiger partial charge in [-0.15, -0.1) is 0 Å². The van der Waals surface area contributed by atoms with Crippen LogP contribution in [0.25, 0.3) is 10.9 Å². The Morgan fingerprint density at radius 3 is 2.95 bits per heavy atom. The van der Waals surface area contributed by atoms with E-state index < -0.39 is 0 Å². The third kappa shape index (κ3) is 3.54. The van der Waals surface area contributed by atoms with Crippen molar-refractivity contribution in [2.45, 2.75) is 26.3 Å². The van der Waals surface area contributed by atoms with Crippen LogP contribution in [0.4, 0.5) is 0 Å². The van der Waals surface area contributed by atoms with Gasteiger partial charge in [-0.25, -0.2) is 0 Å². The SMILES string of the molecule is CC(CCCN)C(=O)NCc1cccc2cccnc12. The summed E-state index contributed by atoms with van der Waals surface area (Å²) in [7, 11) is 0. The number of fused-ring (bicyclic) bond motifs is 1. The van der Waals surface area contributed by atoms with Gasteiger partial charge in [-0.1, -0.05) is 31.2 Å². The van der Waals surface area contributed by atoms with Gasteiger partial charge in [0.25, 0.3) is 0 Å². The van der Waals surface area contributed by atoms with Crippen LogP contribution in [0.2, 0.25) is 0 Å². The highest BCUT2D eigenvalue weighted by Crippen LogP contribution is 2.16. The van der Waals surface area contributed by atoms with Crippen molar-refractivity contribution in [1.82, 2.24) is 10.3 Å².